The van der Waals surface area contributed by atoms with Crippen LogP contribution in [0.3, 0.4) is 0 Å². The molecule has 5 heteroatoms. The number of hydrogen-bond acceptors (Lipinski definition) is 2. The normalized spacial score (nSPS) is 23.0. The Morgan fingerprint density at radius 1 is 1.38 bits per heavy atom. The molecule has 2 unspecified atom stereocenters. The average Bonchev–Trinajstić information content (AvgIpc) is 2.52. The fourth-order valence-electron chi connectivity index (χ4n) is 2.64. The Kier molecular flexibility index (Phi) is 4.60. The third-order valence-corrected chi connectivity index (χ3v) is 3.98. The lowest BCUT2D eigenvalue weighted by atomic mass is 10.1. The number of carbonyl (C=O) groups is 2. The Labute approximate surface area is 124 Å². The smallest absolute Gasteiger partial charge is 0.245 e. The number of carbonyl (C=O) groups excluding carboxylic acids is 2. The highest BCUT2D eigenvalue weighted by molar-refractivity contribution is 5.90. The molecular formula is C16H21FN2O2. The van der Waals surface area contributed by atoms with Crippen LogP contribution < -0.4 is 5.32 Å². The molecule has 2 rings (SSSR count). The van der Waals surface area contributed by atoms with E-state index in [0.717, 1.165) is 11.1 Å². The van der Waals surface area contributed by atoms with Gasteiger partial charge in [-0.1, -0.05) is 13.0 Å². The van der Waals surface area contributed by atoms with E-state index in [4.69, 9.17) is 0 Å². The molecule has 1 N–H and O–H groups in total. The fourth-order valence-corrected chi connectivity index (χ4v) is 2.64. The number of halogens is 1. The van der Waals surface area contributed by atoms with Crippen LogP contribution in [-0.4, -0.2) is 28.8 Å². The highest BCUT2D eigenvalue weighted by Crippen LogP contribution is 2.19. The molecule has 21 heavy (non-hydrogen) atoms. The summed E-state index contributed by atoms with van der Waals surface area (Å²) in [5.74, 6) is -0.449. The van der Waals surface area contributed by atoms with Crippen LogP contribution >= 0.6 is 0 Å². The highest BCUT2D eigenvalue weighted by atomic mass is 19.1. The quantitative estimate of drug-likeness (QED) is 0.928. The second-order valence-corrected chi connectivity index (χ2v) is 5.62. The number of benzene rings is 1. The number of aryl methyl sites for hydroxylation is 1. The molecule has 2 atom stereocenters. The molecule has 0 bridgehead atoms. The SMILES string of the molecule is CCC1NC(=O)CC(C)N(Cc2ccc(F)cc2C)C1=O. The second-order valence-electron chi connectivity index (χ2n) is 5.62. The first-order valence-electron chi connectivity index (χ1n) is 7.27. The first-order chi connectivity index (χ1) is 9.92. The number of amides is 2. The van der Waals surface area contributed by atoms with Crippen molar-refractivity contribution < 1.29 is 14.0 Å². The van der Waals surface area contributed by atoms with E-state index < -0.39 is 6.04 Å². The van der Waals surface area contributed by atoms with Crippen LogP contribution in [0.5, 0.6) is 0 Å². The van der Waals surface area contributed by atoms with E-state index >= 15 is 0 Å². The van der Waals surface area contributed by atoms with Crippen LogP contribution in [0.4, 0.5) is 4.39 Å². The van der Waals surface area contributed by atoms with Gasteiger partial charge in [0, 0.05) is 19.0 Å². The molecule has 1 aliphatic rings. The Morgan fingerprint density at radius 3 is 2.71 bits per heavy atom. The maximum absolute atomic E-state index is 13.2. The van der Waals surface area contributed by atoms with Crippen LogP contribution in [0, 0.1) is 12.7 Å². The summed E-state index contributed by atoms with van der Waals surface area (Å²) in [5, 5.41) is 2.76. The van der Waals surface area contributed by atoms with Crippen LogP contribution in [0.1, 0.15) is 37.8 Å². The van der Waals surface area contributed by atoms with Gasteiger partial charge in [-0.15, -0.1) is 0 Å². The molecule has 1 saturated heterocycles. The minimum atomic E-state index is -0.469. The van der Waals surface area contributed by atoms with Gasteiger partial charge in [0.25, 0.3) is 0 Å². The molecule has 1 fully saturated rings. The molecule has 0 saturated carbocycles. The molecule has 1 aliphatic heterocycles. The van der Waals surface area contributed by atoms with Crippen LogP contribution in [0.25, 0.3) is 0 Å². The van der Waals surface area contributed by atoms with Crippen molar-refractivity contribution in [3.05, 3.63) is 35.1 Å². The molecule has 0 spiro atoms. The lowest BCUT2D eigenvalue weighted by Gasteiger charge is -2.29. The molecule has 1 aromatic carbocycles. The summed E-state index contributed by atoms with van der Waals surface area (Å²) in [5.41, 5.74) is 1.72. The number of nitrogens with one attached hydrogen (secondary N) is 1. The monoisotopic (exact) mass is 292 g/mol. The summed E-state index contributed by atoms with van der Waals surface area (Å²) < 4.78 is 13.2. The van der Waals surface area contributed by atoms with Gasteiger partial charge in [-0.05, 0) is 43.5 Å². The van der Waals surface area contributed by atoms with E-state index in [1.54, 1.807) is 11.0 Å². The third kappa shape index (κ3) is 3.40. The van der Waals surface area contributed by atoms with Gasteiger partial charge in [0.15, 0.2) is 0 Å². The van der Waals surface area contributed by atoms with Crippen molar-refractivity contribution in [2.45, 2.75) is 52.2 Å². The summed E-state index contributed by atoms with van der Waals surface area (Å²) in [7, 11) is 0. The van der Waals surface area contributed by atoms with E-state index in [1.807, 2.05) is 20.8 Å². The van der Waals surface area contributed by atoms with Crippen molar-refractivity contribution >= 4 is 11.8 Å². The molecule has 1 aromatic rings. The Morgan fingerprint density at radius 2 is 2.10 bits per heavy atom. The van der Waals surface area contributed by atoms with E-state index in [1.165, 1.54) is 12.1 Å². The maximum atomic E-state index is 13.2. The van der Waals surface area contributed by atoms with Crippen molar-refractivity contribution in [1.29, 1.82) is 0 Å². The molecule has 0 aromatic heterocycles. The van der Waals surface area contributed by atoms with Gasteiger partial charge in [-0.2, -0.15) is 0 Å². The maximum Gasteiger partial charge on any atom is 0.245 e. The predicted octanol–water partition coefficient (Wildman–Crippen LogP) is 2.15. The zero-order valence-electron chi connectivity index (χ0n) is 12.6. The number of rotatable bonds is 3. The predicted molar refractivity (Wildman–Crippen MR) is 78.0 cm³/mol. The largest absolute Gasteiger partial charge is 0.344 e. The average molecular weight is 292 g/mol. The summed E-state index contributed by atoms with van der Waals surface area (Å²) in [6, 6.07) is 3.92. The summed E-state index contributed by atoms with van der Waals surface area (Å²) in [6.07, 6.45) is 0.860. The van der Waals surface area contributed by atoms with Crippen molar-refractivity contribution in [2.24, 2.45) is 0 Å². The number of hydrogen-bond donors (Lipinski definition) is 1. The van der Waals surface area contributed by atoms with Crippen LogP contribution in [-0.2, 0) is 16.1 Å². The fraction of sp³-hybridized carbons (Fsp3) is 0.500. The summed E-state index contributed by atoms with van der Waals surface area (Å²) in [4.78, 5) is 26.0. The molecular weight excluding hydrogens is 271 g/mol. The lowest BCUT2D eigenvalue weighted by molar-refractivity contribution is -0.135. The van der Waals surface area contributed by atoms with Gasteiger partial charge in [0.2, 0.25) is 11.8 Å². The molecule has 2 amide bonds. The Balaban J connectivity index is 2.26. The van der Waals surface area contributed by atoms with Gasteiger partial charge < -0.3 is 10.2 Å². The standard InChI is InChI=1S/C16H21FN2O2/c1-4-14-16(21)19(11(3)8-15(20)18-14)9-12-5-6-13(17)7-10(12)2/h5-7,11,14H,4,8-9H2,1-3H3,(H,18,20). The van der Waals surface area contributed by atoms with E-state index in [9.17, 15) is 14.0 Å². The molecule has 1 heterocycles. The van der Waals surface area contributed by atoms with Crippen molar-refractivity contribution in [3.8, 4) is 0 Å². The van der Waals surface area contributed by atoms with E-state index in [2.05, 4.69) is 5.32 Å². The van der Waals surface area contributed by atoms with Gasteiger partial charge in [-0.3, -0.25) is 9.59 Å². The third-order valence-electron chi connectivity index (χ3n) is 3.98. The zero-order chi connectivity index (χ0) is 15.6. The van der Waals surface area contributed by atoms with Gasteiger partial charge in [0.1, 0.15) is 11.9 Å². The summed E-state index contributed by atoms with van der Waals surface area (Å²) in [6.45, 7) is 5.97. The van der Waals surface area contributed by atoms with Crippen molar-refractivity contribution in [3.63, 3.8) is 0 Å². The Hall–Kier alpha value is -1.91. The number of nitrogens with zero attached hydrogens (tertiary/aromatic N) is 1. The molecule has 114 valence electrons. The topological polar surface area (TPSA) is 49.4 Å². The Bertz CT molecular complexity index is 559. The highest BCUT2D eigenvalue weighted by Gasteiger charge is 2.32. The van der Waals surface area contributed by atoms with Gasteiger partial charge in [-0.25, -0.2) is 4.39 Å². The molecule has 0 radical (unpaired) electrons. The van der Waals surface area contributed by atoms with Crippen LogP contribution in [0.2, 0.25) is 0 Å². The minimum absolute atomic E-state index is 0.0698. The zero-order valence-corrected chi connectivity index (χ0v) is 12.6. The van der Waals surface area contributed by atoms with E-state index in [-0.39, 0.29) is 23.7 Å². The van der Waals surface area contributed by atoms with Gasteiger partial charge >= 0.3 is 0 Å². The van der Waals surface area contributed by atoms with Crippen molar-refractivity contribution in [1.82, 2.24) is 10.2 Å². The molecule has 4 nitrogen and oxygen atoms in total. The first kappa shape index (κ1) is 15.5. The summed E-state index contributed by atoms with van der Waals surface area (Å²) >= 11 is 0. The first-order valence-corrected chi connectivity index (χ1v) is 7.27. The van der Waals surface area contributed by atoms with Crippen LogP contribution in [0.15, 0.2) is 18.2 Å². The molecule has 0 aliphatic carbocycles. The lowest BCUT2D eigenvalue weighted by Crippen LogP contribution is -2.45. The van der Waals surface area contributed by atoms with Gasteiger partial charge in [0.05, 0.1) is 0 Å². The minimum Gasteiger partial charge on any atom is -0.344 e. The van der Waals surface area contributed by atoms with Crippen molar-refractivity contribution in [2.75, 3.05) is 0 Å². The van der Waals surface area contributed by atoms with E-state index in [0.29, 0.717) is 19.4 Å². The second kappa shape index (κ2) is 6.24.